The van der Waals surface area contributed by atoms with Crippen LogP contribution in [0.1, 0.15) is 0 Å². The first kappa shape index (κ1) is 5.84. The molecule has 31 valence electrons. The van der Waals surface area contributed by atoms with Crippen molar-refractivity contribution in [1.82, 2.24) is 4.98 Å². The summed E-state index contributed by atoms with van der Waals surface area (Å²) in [5.41, 5.74) is 0. The van der Waals surface area contributed by atoms with Gasteiger partial charge < -0.3 is 4.98 Å². The van der Waals surface area contributed by atoms with E-state index in [-0.39, 0.29) is 18.0 Å². The van der Waals surface area contributed by atoms with Gasteiger partial charge in [-0.25, -0.2) is 0 Å². The first-order valence-corrected chi connectivity index (χ1v) is 1.58. The van der Waals surface area contributed by atoms with Crippen LogP contribution in [0.25, 0.3) is 0 Å². The van der Waals surface area contributed by atoms with Crippen molar-refractivity contribution in [2.24, 2.45) is 0 Å². The van der Waals surface area contributed by atoms with Crippen LogP contribution in [-0.2, 0) is 0 Å². The van der Waals surface area contributed by atoms with Crippen molar-refractivity contribution in [2.75, 3.05) is 0 Å². The van der Waals surface area contributed by atoms with Crippen LogP contribution in [0.4, 0.5) is 0 Å². The summed E-state index contributed by atoms with van der Waals surface area (Å²) < 4.78 is 0. The molecule has 6 heavy (non-hydrogen) atoms. The van der Waals surface area contributed by atoms with Crippen LogP contribution in [0, 0.1) is 0 Å². The third-order valence-electron chi connectivity index (χ3n) is 0.496. The quantitative estimate of drug-likeness (QED) is 0.511. The monoisotopic (exact) mass is 142 g/mol. The molecule has 0 saturated heterocycles. The van der Waals surface area contributed by atoms with Gasteiger partial charge in [0.2, 0.25) is 0 Å². The Balaban J connectivity index is 0.000000250. The number of hydrogen-bond donors (Lipinski definition) is 1. The molecule has 0 atom stereocenters. The first-order chi connectivity index (χ1) is 2.50. The number of nitrogens with one attached hydrogen (secondary N) is 1. The average Bonchev–Trinajstić information content (AvgIpc) is 1.76. The van der Waals surface area contributed by atoms with E-state index in [1.807, 2.05) is 24.5 Å². The van der Waals surface area contributed by atoms with Gasteiger partial charge in [0, 0.05) is 30.3 Å². The number of aromatic nitrogens is 1. The molecular weight excluding hydrogens is 137 g/mol. The molecule has 0 saturated carbocycles. The number of H-pyrrole nitrogens is 1. The zero-order chi connectivity index (χ0) is 3.54. The summed E-state index contributed by atoms with van der Waals surface area (Å²) in [6.07, 6.45) is 3.75. The molecule has 0 unspecified atom stereocenters. The Morgan fingerprint density at radius 2 is 1.50 bits per heavy atom. The molecule has 0 amide bonds. The molecule has 1 rings (SSSR count). The number of aromatic amines is 1. The minimum atomic E-state index is 0. The van der Waals surface area contributed by atoms with Crippen LogP contribution < -0.4 is 0 Å². The van der Waals surface area contributed by atoms with Crippen molar-refractivity contribution in [1.29, 1.82) is 0 Å². The van der Waals surface area contributed by atoms with E-state index in [0.717, 1.165) is 0 Å². The predicted octanol–water partition coefficient (Wildman–Crippen LogP) is 0.634. The van der Waals surface area contributed by atoms with E-state index >= 15 is 0 Å². The summed E-state index contributed by atoms with van der Waals surface area (Å²) in [5, 5.41) is 0. The Bertz CT molecular complexity index is 64.0. The molecule has 3 radical (unpaired) electrons. The Hall–Kier alpha value is -0.162. The Morgan fingerprint density at radius 3 is 1.67 bits per heavy atom. The van der Waals surface area contributed by atoms with Gasteiger partial charge in [0.05, 0.1) is 0 Å². The van der Waals surface area contributed by atoms with Crippen molar-refractivity contribution >= 4 is 18.0 Å². The summed E-state index contributed by atoms with van der Waals surface area (Å²) in [5.74, 6) is 0. The summed E-state index contributed by atoms with van der Waals surface area (Å²) in [6.45, 7) is 0. The standard InChI is InChI=1S/C4H5N.As/c1-2-4-5-3-1;/h1-5H;. The second-order valence-corrected chi connectivity index (χ2v) is 0.885. The molecule has 2 heteroatoms. The summed E-state index contributed by atoms with van der Waals surface area (Å²) in [4.78, 5) is 2.86. The fraction of sp³-hybridized carbons (Fsp3) is 0. The summed E-state index contributed by atoms with van der Waals surface area (Å²) in [6, 6.07) is 3.89. The van der Waals surface area contributed by atoms with Gasteiger partial charge in [-0.15, -0.1) is 0 Å². The van der Waals surface area contributed by atoms with Gasteiger partial charge in [-0.3, -0.25) is 0 Å². The molecule has 0 aromatic carbocycles. The van der Waals surface area contributed by atoms with Gasteiger partial charge in [0.1, 0.15) is 0 Å². The molecule has 0 aliphatic heterocycles. The Kier molecular flexibility index (Phi) is 2.96. The molecule has 1 aromatic rings. The van der Waals surface area contributed by atoms with Crippen molar-refractivity contribution in [2.45, 2.75) is 0 Å². The SMILES string of the molecule is [As].c1cc[nH]c1. The largest absolute Gasteiger partial charge is 0.368 e. The van der Waals surface area contributed by atoms with E-state index < -0.39 is 0 Å². The molecule has 1 N–H and O–H groups in total. The van der Waals surface area contributed by atoms with Gasteiger partial charge in [-0.2, -0.15) is 0 Å². The molecule has 1 nitrogen and oxygen atoms in total. The zero-order valence-electron chi connectivity index (χ0n) is 3.26. The van der Waals surface area contributed by atoms with E-state index in [9.17, 15) is 0 Å². The van der Waals surface area contributed by atoms with Crippen LogP contribution in [0.15, 0.2) is 24.5 Å². The minimum absolute atomic E-state index is 0. The number of rotatable bonds is 0. The molecular formula is C4H5AsN. The third-order valence-corrected chi connectivity index (χ3v) is 0.496. The third kappa shape index (κ3) is 1.32. The fourth-order valence-corrected chi connectivity index (χ4v) is 0.278. The van der Waals surface area contributed by atoms with Gasteiger partial charge in [-0.05, 0) is 12.1 Å². The molecule has 0 fully saturated rings. The maximum atomic E-state index is 2.86. The second-order valence-electron chi connectivity index (χ2n) is 0.885. The Morgan fingerprint density at radius 1 is 1.00 bits per heavy atom. The maximum Gasteiger partial charge on any atom is 0.000496 e. The normalized spacial score (nSPS) is 6.67. The minimum Gasteiger partial charge on any atom is -0.368 e. The van der Waals surface area contributed by atoms with E-state index in [2.05, 4.69) is 4.98 Å². The van der Waals surface area contributed by atoms with E-state index in [0.29, 0.717) is 0 Å². The molecule has 0 spiro atoms. The van der Waals surface area contributed by atoms with Crippen LogP contribution in [0.5, 0.6) is 0 Å². The smallest absolute Gasteiger partial charge is 0.000496 e. The van der Waals surface area contributed by atoms with Gasteiger partial charge >= 0.3 is 0 Å². The first-order valence-electron chi connectivity index (χ1n) is 1.58. The zero-order valence-corrected chi connectivity index (χ0v) is 5.13. The van der Waals surface area contributed by atoms with Crippen LogP contribution >= 0.6 is 0 Å². The number of hydrogen-bond acceptors (Lipinski definition) is 0. The summed E-state index contributed by atoms with van der Waals surface area (Å²) >= 11 is 0. The molecule has 0 aliphatic rings. The van der Waals surface area contributed by atoms with Crippen molar-refractivity contribution in [3.63, 3.8) is 0 Å². The topological polar surface area (TPSA) is 15.8 Å². The molecule has 0 bridgehead atoms. The van der Waals surface area contributed by atoms with E-state index in [1.165, 1.54) is 0 Å². The molecule has 0 aliphatic carbocycles. The maximum absolute atomic E-state index is 2.86. The van der Waals surface area contributed by atoms with Gasteiger partial charge in [-0.1, -0.05) is 0 Å². The Labute approximate surface area is 48.1 Å². The van der Waals surface area contributed by atoms with Crippen LogP contribution in [-0.4, -0.2) is 22.9 Å². The summed E-state index contributed by atoms with van der Waals surface area (Å²) in [7, 11) is 0. The molecule has 1 heterocycles. The van der Waals surface area contributed by atoms with Crippen molar-refractivity contribution < 1.29 is 0 Å². The second kappa shape index (κ2) is 3.05. The van der Waals surface area contributed by atoms with Crippen LogP contribution in [0.3, 0.4) is 0 Å². The van der Waals surface area contributed by atoms with Gasteiger partial charge in [0.15, 0.2) is 0 Å². The van der Waals surface area contributed by atoms with Crippen molar-refractivity contribution in [3.8, 4) is 0 Å². The van der Waals surface area contributed by atoms with E-state index in [4.69, 9.17) is 0 Å². The van der Waals surface area contributed by atoms with Crippen LogP contribution in [0.2, 0.25) is 0 Å². The van der Waals surface area contributed by atoms with Gasteiger partial charge in [0.25, 0.3) is 0 Å². The average molecular weight is 142 g/mol. The van der Waals surface area contributed by atoms with Crippen molar-refractivity contribution in [3.05, 3.63) is 24.5 Å². The van der Waals surface area contributed by atoms with E-state index in [1.54, 1.807) is 0 Å². The molecule has 1 aromatic heterocycles. The fourth-order valence-electron chi connectivity index (χ4n) is 0.278. The predicted molar refractivity (Wildman–Crippen MR) is 26.5 cm³/mol.